The van der Waals surface area contributed by atoms with Crippen LogP contribution in [0, 0.1) is 0 Å². The minimum Gasteiger partial charge on any atom is -0.0654 e. The topological polar surface area (TPSA) is 37.3 Å². The van der Waals surface area contributed by atoms with Crippen LogP contribution in [0.15, 0.2) is 0 Å². The maximum atomic E-state index is 12.4. The summed E-state index contributed by atoms with van der Waals surface area (Å²) in [5, 5.41) is 1.24. The van der Waals surface area contributed by atoms with E-state index in [0.717, 1.165) is 25.7 Å². The van der Waals surface area contributed by atoms with Crippen LogP contribution >= 0.6 is 0 Å². The molecule has 3 heteroatoms. The molecule has 0 aliphatic heterocycles. The average molecular weight is 475 g/mol. The molecule has 0 rings (SSSR count). The van der Waals surface area contributed by atoms with Gasteiger partial charge in [0.25, 0.3) is 0 Å². The van der Waals surface area contributed by atoms with Crippen molar-refractivity contribution >= 4 is 13.8 Å². The van der Waals surface area contributed by atoms with Crippen LogP contribution in [0.4, 0.5) is 0 Å². The van der Waals surface area contributed by atoms with Gasteiger partial charge in [-0.05, 0) is 0 Å². The fourth-order valence-corrected chi connectivity index (χ4v) is 7.64. The molecule has 0 aliphatic rings. The molecule has 0 unspecified atom stereocenters. The summed E-state index contributed by atoms with van der Waals surface area (Å²) in [6, 6.07) is 0. The maximum absolute atomic E-state index is 12.4. The second-order valence-electron chi connectivity index (χ2n) is 9.36. The second kappa shape index (κ2) is 23.0. The van der Waals surface area contributed by atoms with Crippen LogP contribution in [-0.4, -0.2) is 17.9 Å². The van der Waals surface area contributed by atoms with Gasteiger partial charge in [-0.2, -0.15) is 0 Å². The van der Waals surface area contributed by atoms with E-state index in [2.05, 4.69) is 13.8 Å². The summed E-state index contributed by atoms with van der Waals surface area (Å²) in [5.74, 6) is 0. The van der Waals surface area contributed by atoms with E-state index in [-0.39, 0.29) is 0 Å². The Balaban J connectivity index is 3.31. The molecule has 0 spiro atoms. The average Bonchev–Trinajstić information content (AvgIpc) is 2.70. The van der Waals surface area contributed by atoms with E-state index >= 15 is 0 Å². The van der Waals surface area contributed by atoms with Crippen LogP contribution in [0.25, 0.3) is 0 Å². The van der Waals surface area contributed by atoms with E-state index < -0.39 is 13.8 Å². The fourth-order valence-electron chi connectivity index (χ4n) is 4.16. The molecule has 0 aromatic heterocycles. The third kappa shape index (κ3) is 24.5. The van der Waals surface area contributed by atoms with Crippen molar-refractivity contribution in [2.45, 2.75) is 166 Å². The van der Waals surface area contributed by atoms with Gasteiger partial charge >= 0.3 is 173 Å². The van der Waals surface area contributed by atoms with E-state index in [1.165, 1.54) is 116 Å². The van der Waals surface area contributed by atoms with Crippen molar-refractivity contribution in [1.82, 2.24) is 0 Å². The molecule has 0 aromatic rings. The first-order valence-corrected chi connectivity index (χ1v) is 17.7. The Bertz CT molecular complexity index is 327. The number of unbranched alkanes of at least 4 members (excludes halogenated alkanes) is 20. The number of hydrogen-bond acceptors (Lipinski definition) is 1. The molecule has 0 radical (unpaired) electrons. The summed E-state index contributed by atoms with van der Waals surface area (Å²) in [6.45, 7) is 4.54. The van der Waals surface area contributed by atoms with Gasteiger partial charge in [0.2, 0.25) is 0 Å². The van der Waals surface area contributed by atoms with Crippen molar-refractivity contribution in [3.63, 3.8) is 0 Å². The quantitative estimate of drug-likeness (QED) is 0.112. The Kier molecular flexibility index (Phi) is 23.2. The van der Waals surface area contributed by atoms with Gasteiger partial charge in [-0.3, -0.25) is 0 Å². The van der Waals surface area contributed by atoms with Crippen molar-refractivity contribution in [2.24, 2.45) is 0 Å². The first-order valence-electron chi connectivity index (χ1n) is 13.4. The Hall–Kier alpha value is 0.318. The van der Waals surface area contributed by atoms with Gasteiger partial charge in [0.05, 0.1) is 0 Å². The van der Waals surface area contributed by atoms with Crippen LogP contribution in [0.3, 0.4) is 0 Å². The van der Waals surface area contributed by atoms with Crippen molar-refractivity contribution in [1.29, 1.82) is 0 Å². The van der Waals surface area contributed by atoms with Gasteiger partial charge in [-0.1, -0.05) is 13.8 Å². The standard InChI is InChI=1S/C26H55AsO2/c1-3-5-7-9-11-13-15-17-19-21-23-25-27(28,29)26-24-22-20-18-16-14-12-10-8-6-4-2/h3-26H2,1-2H3,(H,28,29). The first kappa shape index (κ1) is 29.3. The Morgan fingerprint density at radius 3 is 0.862 bits per heavy atom. The van der Waals surface area contributed by atoms with Gasteiger partial charge in [0, 0.05) is 0 Å². The zero-order chi connectivity index (χ0) is 21.5. The van der Waals surface area contributed by atoms with Gasteiger partial charge in [-0.15, -0.1) is 0 Å². The van der Waals surface area contributed by atoms with E-state index in [4.69, 9.17) is 0 Å². The van der Waals surface area contributed by atoms with E-state index in [1.54, 1.807) is 0 Å². The molecule has 0 aliphatic carbocycles. The summed E-state index contributed by atoms with van der Waals surface area (Å²) < 4.78 is 22.6. The molecule has 1 N–H and O–H groups in total. The normalized spacial score (nSPS) is 12.0. The molecular formula is C26H55AsO2. The summed E-state index contributed by atoms with van der Waals surface area (Å²) in [7, 11) is 0. The predicted octanol–water partition coefficient (Wildman–Crippen LogP) is 9.47. The Morgan fingerprint density at radius 1 is 0.414 bits per heavy atom. The van der Waals surface area contributed by atoms with Crippen molar-refractivity contribution < 1.29 is 7.84 Å². The molecule has 0 saturated carbocycles. The molecular weight excluding hydrogens is 419 g/mol. The number of hydrogen-bond donors (Lipinski definition) is 1. The smallest absolute Gasteiger partial charge is 0.0654 e. The molecule has 176 valence electrons. The summed E-state index contributed by atoms with van der Waals surface area (Å²) >= 11 is -3.49. The molecule has 0 amide bonds. The summed E-state index contributed by atoms with van der Waals surface area (Å²) in [6.07, 6.45) is 28.7. The van der Waals surface area contributed by atoms with Crippen molar-refractivity contribution in [2.75, 3.05) is 0 Å². The van der Waals surface area contributed by atoms with Crippen LogP contribution in [0.2, 0.25) is 10.4 Å². The van der Waals surface area contributed by atoms with Gasteiger partial charge < -0.3 is 0 Å². The Morgan fingerprint density at radius 2 is 0.621 bits per heavy atom. The predicted molar refractivity (Wildman–Crippen MR) is 131 cm³/mol. The second-order valence-corrected chi connectivity index (χ2v) is 14.8. The first-order chi connectivity index (χ1) is 14.1. The van der Waals surface area contributed by atoms with Crippen LogP contribution < -0.4 is 0 Å². The molecule has 2 nitrogen and oxygen atoms in total. The molecule has 0 heterocycles. The molecule has 0 bridgehead atoms. The van der Waals surface area contributed by atoms with E-state index in [0.29, 0.717) is 10.4 Å². The van der Waals surface area contributed by atoms with Gasteiger partial charge in [0.15, 0.2) is 0 Å². The molecule has 0 atom stereocenters. The minimum atomic E-state index is -3.49. The molecule has 29 heavy (non-hydrogen) atoms. The Labute approximate surface area is 187 Å². The molecule has 0 saturated heterocycles. The van der Waals surface area contributed by atoms with E-state index in [9.17, 15) is 7.84 Å². The third-order valence-electron chi connectivity index (χ3n) is 6.22. The summed E-state index contributed by atoms with van der Waals surface area (Å²) in [5.41, 5.74) is 0. The zero-order valence-corrected chi connectivity index (χ0v) is 22.1. The minimum absolute atomic E-state index is 0.618. The van der Waals surface area contributed by atoms with Crippen molar-refractivity contribution in [3.05, 3.63) is 0 Å². The SMILES string of the molecule is CCCCCCCCCCCCC[As](=O)(O)CCCCCCCCCCCCC. The van der Waals surface area contributed by atoms with Gasteiger partial charge in [-0.25, -0.2) is 0 Å². The zero-order valence-electron chi connectivity index (χ0n) is 20.3. The fraction of sp³-hybridized carbons (Fsp3) is 1.00. The van der Waals surface area contributed by atoms with Gasteiger partial charge in [0.1, 0.15) is 0 Å². The van der Waals surface area contributed by atoms with Crippen LogP contribution in [-0.2, 0) is 3.74 Å². The van der Waals surface area contributed by atoms with Crippen LogP contribution in [0.5, 0.6) is 0 Å². The monoisotopic (exact) mass is 474 g/mol. The number of rotatable bonds is 24. The molecule has 0 fully saturated rings. The molecule has 0 aromatic carbocycles. The van der Waals surface area contributed by atoms with Crippen molar-refractivity contribution in [3.8, 4) is 0 Å². The third-order valence-corrected chi connectivity index (χ3v) is 10.5. The summed E-state index contributed by atoms with van der Waals surface area (Å²) in [4.78, 5) is 0. The van der Waals surface area contributed by atoms with E-state index in [1.807, 2.05) is 0 Å². The van der Waals surface area contributed by atoms with Crippen LogP contribution in [0.1, 0.15) is 155 Å².